The molecule has 1 saturated heterocycles. The predicted molar refractivity (Wildman–Crippen MR) is 94.1 cm³/mol. The van der Waals surface area contributed by atoms with Crippen LogP contribution >= 0.6 is 0 Å². The number of aliphatic carboxylic acids is 1. The lowest BCUT2D eigenvalue weighted by Gasteiger charge is -2.36. The molecular weight excluding hydrogens is 392 g/mol. The minimum absolute atomic E-state index is 0.0719. The molecule has 4 N–H and O–H groups in total. The largest absolute Gasteiger partial charge is 0.481 e. The molecule has 0 spiro atoms. The van der Waals surface area contributed by atoms with Gasteiger partial charge in [-0.2, -0.15) is 0 Å². The van der Waals surface area contributed by atoms with E-state index in [-0.39, 0.29) is 30.0 Å². The van der Waals surface area contributed by atoms with Gasteiger partial charge < -0.3 is 39.1 Å². The van der Waals surface area contributed by atoms with Crippen molar-refractivity contribution in [1.82, 2.24) is 0 Å². The summed E-state index contributed by atoms with van der Waals surface area (Å²) >= 11 is 0. The van der Waals surface area contributed by atoms with Crippen LogP contribution in [0, 0.1) is 6.92 Å². The van der Waals surface area contributed by atoms with E-state index in [0.717, 1.165) is 6.26 Å². The van der Waals surface area contributed by atoms with E-state index in [4.69, 9.17) is 23.7 Å². The number of carboxylic acid groups (broad SMARTS) is 1. The molecule has 2 heterocycles. The Bertz CT molecular complexity index is 784. The Morgan fingerprint density at radius 1 is 1.31 bits per heavy atom. The average Bonchev–Trinajstić information content (AvgIpc) is 2.59. The molecule has 162 valence electrons. The van der Waals surface area contributed by atoms with Gasteiger partial charge in [0.2, 0.25) is 6.29 Å². The van der Waals surface area contributed by atoms with E-state index < -0.39 is 55.0 Å². The summed E-state index contributed by atoms with van der Waals surface area (Å²) in [7, 11) is 0. The molecule has 1 aromatic rings. The van der Waals surface area contributed by atoms with E-state index >= 15 is 0 Å². The van der Waals surface area contributed by atoms with Crippen LogP contribution in [0.3, 0.4) is 0 Å². The molecular formula is C18H24O11. The molecule has 0 aromatic carbocycles. The van der Waals surface area contributed by atoms with Crippen molar-refractivity contribution in [3.8, 4) is 5.95 Å². The molecule has 0 radical (unpaired) electrons. The summed E-state index contributed by atoms with van der Waals surface area (Å²) in [5.74, 6) is -2.31. The van der Waals surface area contributed by atoms with Crippen LogP contribution < -0.4 is 10.2 Å². The van der Waals surface area contributed by atoms with Crippen molar-refractivity contribution in [3.05, 3.63) is 28.1 Å². The van der Waals surface area contributed by atoms with Gasteiger partial charge in [-0.05, 0) is 13.8 Å². The van der Waals surface area contributed by atoms with Gasteiger partial charge in [0.25, 0.3) is 5.95 Å². The lowest BCUT2D eigenvalue weighted by molar-refractivity contribution is -0.246. The maximum atomic E-state index is 11.9. The number of aliphatic hydroxyl groups excluding tert-OH is 2. The second-order valence-electron chi connectivity index (χ2n) is 7.16. The fraction of sp³-hybridized carbons (Fsp3) is 0.611. The number of carbonyl (C=O) groups excluding carboxylic acids is 1. The first-order valence-corrected chi connectivity index (χ1v) is 8.85. The van der Waals surface area contributed by atoms with Crippen LogP contribution in [0.4, 0.5) is 0 Å². The molecule has 0 unspecified atom stereocenters. The van der Waals surface area contributed by atoms with E-state index in [9.17, 15) is 29.7 Å². The molecule has 0 bridgehead atoms. The Labute approximate surface area is 165 Å². The molecule has 2 rings (SSSR count). The maximum Gasteiger partial charge on any atom is 0.308 e. The summed E-state index contributed by atoms with van der Waals surface area (Å²) in [6.45, 7) is 2.32. The highest BCUT2D eigenvalue weighted by molar-refractivity contribution is 5.73. The Balaban J connectivity index is 1.95. The van der Waals surface area contributed by atoms with Gasteiger partial charge in [0.1, 0.15) is 12.7 Å². The number of carboxylic acids is 1. The SMILES string of the molecule is Cc1c(O[C@H]2O[C@H](COC(=O)C[C@@](C)(O)CC(=O)O)C[C@H](O)[C@H]2O)occc1=O. The number of aliphatic hydroxyl groups is 3. The van der Waals surface area contributed by atoms with Gasteiger partial charge in [-0.3, -0.25) is 14.4 Å². The Kier molecular flexibility index (Phi) is 7.36. The third-order valence-corrected chi connectivity index (χ3v) is 4.28. The van der Waals surface area contributed by atoms with Crippen molar-refractivity contribution < 1.29 is 48.6 Å². The van der Waals surface area contributed by atoms with Gasteiger partial charge in [-0.25, -0.2) is 0 Å². The van der Waals surface area contributed by atoms with Gasteiger partial charge in [-0.15, -0.1) is 0 Å². The molecule has 5 atom stereocenters. The van der Waals surface area contributed by atoms with Gasteiger partial charge >= 0.3 is 11.9 Å². The lowest BCUT2D eigenvalue weighted by Crippen LogP contribution is -2.52. The zero-order valence-corrected chi connectivity index (χ0v) is 15.9. The van der Waals surface area contributed by atoms with Crippen LogP contribution in [-0.2, 0) is 19.1 Å². The van der Waals surface area contributed by atoms with E-state index in [2.05, 4.69) is 0 Å². The van der Waals surface area contributed by atoms with Crippen LogP contribution in [0.25, 0.3) is 0 Å². The Hall–Kier alpha value is -2.47. The molecule has 11 nitrogen and oxygen atoms in total. The fourth-order valence-corrected chi connectivity index (χ4v) is 2.75. The number of hydrogen-bond acceptors (Lipinski definition) is 10. The van der Waals surface area contributed by atoms with E-state index in [1.807, 2.05) is 0 Å². The van der Waals surface area contributed by atoms with Crippen molar-refractivity contribution in [3.63, 3.8) is 0 Å². The van der Waals surface area contributed by atoms with E-state index in [0.29, 0.717) is 0 Å². The minimum atomic E-state index is -1.78. The molecule has 1 aliphatic heterocycles. The molecule has 11 heteroatoms. The quantitative estimate of drug-likeness (QED) is 0.396. The summed E-state index contributed by atoms with van der Waals surface area (Å²) in [6.07, 6.45) is -5.10. The number of ether oxygens (including phenoxy) is 3. The van der Waals surface area contributed by atoms with Crippen LogP contribution in [0.2, 0.25) is 0 Å². The monoisotopic (exact) mass is 416 g/mol. The first-order chi connectivity index (χ1) is 13.5. The van der Waals surface area contributed by atoms with Crippen molar-refractivity contribution in [1.29, 1.82) is 0 Å². The number of hydrogen-bond donors (Lipinski definition) is 4. The first kappa shape index (κ1) is 22.8. The normalized spacial score (nSPS) is 26.4. The highest BCUT2D eigenvalue weighted by atomic mass is 16.7. The Morgan fingerprint density at radius 3 is 2.66 bits per heavy atom. The average molecular weight is 416 g/mol. The van der Waals surface area contributed by atoms with Crippen molar-refractivity contribution in [2.75, 3.05) is 6.61 Å². The van der Waals surface area contributed by atoms with Gasteiger partial charge in [0.15, 0.2) is 5.43 Å². The van der Waals surface area contributed by atoms with E-state index in [1.54, 1.807) is 0 Å². The lowest BCUT2D eigenvalue weighted by atomic mass is 9.98. The van der Waals surface area contributed by atoms with Gasteiger partial charge in [-0.1, -0.05) is 0 Å². The predicted octanol–water partition coefficient (Wildman–Crippen LogP) is -0.677. The molecule has 1 aromatic heterocycles. The smallest absolute Gasteiger partial charge is 0.308 e. The van der Waals surface area contributed by atoms with Crippen molar-refractivity contribution >= 4 is 11.9 Å². The van der Waals surface area contributed by atoms with Crippen LogP contribution in [0.1, 0.15) is 31.7 Å². The zero-order valence-electron chi connectivity index (χ0n) is 15.9. The zero-order chi connectivity index (χ0) is 21.8. The number of carbonyl (C=O) groups is 2. The highest BCUT2D eigenvalue weighted by Gasteiger charge is 2.40. The van der Waals surface area contributed by atoms with Crippen LogP contribution in [0.15, 0.2) is 21.5 Å². The molecule has 1 aliphatic rings. The maximum absolute atomic E-state index is 11.9. The summed E-state index contributed by atoms with van der Waals surface area (Å²) < 4.78 is 20.9. The summed E-state index contributed by atoms with van der Waals surface area (Å²) in [5, 5.41) is 38.7. The summed E-state index contributed by atoms with van der Waals surface area (Å²) in [6, 6.07) is 1.19. The van der Waals surface area contributed by atoms with Gasteiger partial charge in [0.05, 0.1) is 42.5 Å². The van der Waals surface area contributed by atoms with Crippen LogP contribution in [0.5, 0.6) is 5.95 Å². The second-order valence-corrected chi connectivity index (χ2v) is 7.16. The molecule has 0 amide bonds. The molecule has 0 saturated carbocycles. The second kappa shape index (κ2) is 9.35. The first-order valence-electron chi connectivity index (χ1n) is 8.85. The molecule has 0 aliphatic carbocycles. The van der Waals surface area contributed by atoms with Crippen molar-refractivity contribution in [2.24, 2.45) is 0 Å². The topological polar surface area (TPSA) is 173 Å². The Morgan fingerprint density at radius 2 is 2.00 bits per heavy atom. The van der Waals surface area contributed by atoms with Crippen molar-refractivity contribution in [2.45, 2.75) is 63.3 Å². The number of esters is 1. The third-order valence-electron chi connectivity index (χ3n) is 4.28. The van der Waals surface area contributed by atoms with E-state index in [1.165, 1.54) is 19.9 Å². The third kappa shape index (κ3) is 6.53. The molecule has 29 heavy (non-hydrogen) atoms. The standard InChI is InChI=1S/C18H24O11/c1-9-11(19)3-4-26-16(9)29-17-15(24)12(20)5-10(28-17)8-27-14(23)7-18(2,25)6-13(21)22/h3-4,10,12,15,17,20,24-25H,5-8H2,1-2H3,(H,21,22)/t10-,12-,15+,17+,18-/m0/s1. The van der Waals surface area contributed by atoms with Crippen LogP contribution in [-0.4, -0.2) is 69.2 Å². The fourth-order valence-electron chi connectivity index (χ4n) is 2.75. The highest BCUT2D eigenvalue weighted by Crippen LogP contribution is 2.25. The van der Waals surface area contributed by atoms with Gasteiger partial charge in [0, 0.05) is 12.5 Å². The minimum Gasteiger partial charge on any atom is -0.481 e. The molecule has 1 fully saturated rings. The summed E-state index contributed by atoms with van der Waals surface area (Å²) in [4.78, 5) is 34.2. The summed E-state index contributed by atoms with van der Waals surface area (Å²) in [5.41, 5.74) is -1.98. The number of rotatable bonds is 8.